The third-order valence-electron chi connectivity index (χ3n) is 9.23. The maximum atomic E-state index is 13.5. The molecule has 1 aromatic heterocycles. The molecule has 0 spiro atoms. The monoisotopic (exact) mass is 677 g/mol. The highest BCUT2D eigenvalue weighted by atomic mass is 16.5. The van der Waals surface area contributed by atoms with Crippen LogP contribution in [0.3, 0.4) is 0 Å². The van der Waals surface area contributed by atoms with Gasteiger partial charge in [-0.05, 0) is 66.7 Å². The molecule has 7 nitrogen and oxygen atoms in total. The van der Waals surface area contributed by atoms with Crippen LogP contribution in [0.2, 0.25) is 0 Å². The zero-order valence-electron chi connectivity index (χ0n) is 29.0. The van der Waals surface area contributed by atoms with Crippen LogP contribution in [0.4, 0.5) is 0 Å². The number of likely N-dealkylation sites (tertiary alicyclic amines) is 1. The fourth-order valence-corrected chi connectivity index (χ4v) is 6.58. The third kappa shape index (κ3) is 8.22. The number of amides is 1. The second-order valence-corrected chi connectivity index (χ2v) is 12.9. The number of benzene rings is 5. The number of piperidine rings is 1. The van der Waals surface area contributed by atoms with Gasteiger partial charge >= 0.3 is 0 Å². The molecule has 51 heavy (non-hydrogen) atoms. The van der Waals surface area contributed by atoms with Gasteiger partial charge in [-0.2, -0.15) is 0 Å². The molecule has 1 saturated heterocycles. The van der Waals surface area contributed by atoms with E-state index < -0.39 is 0 Å². The quantitative estimate of drug-likeness (QED) is 0.131. The Morgan fingerprint density at radius 2 is 1.27 bits per heavy atom. The largest absolute Gasteiger partial charge is 0.488 e. The molecule has 1 aliphatic heterocycles. The number of carbonyl (C=O) groups excluding carboxylic acids is 1. The van der Waals surface area contributed by atoms with Crippen LogP contribution < -0.4 is 14.8 Å². The van der Waals surface area contributed by atoms with Crippen LogP contribution in [-0.2, 0) is 19.8 Å². The summed E-state index contributed by atoms with van der Waals surface area (Å²) in [5, 5.41) is 7.30. The molecule has 1 fully saturated rings. The average Bonchev–Trinajstić information content (AvgIpc) is 3.63. The molecule has 1 aliphatic rings. The van der Waals surface area contributed by atoms with Crippen molar-refractivity contribution in [1.29, 1.82) is 0 Å². The summed E-state index contributed by atoms with van der Waals surface area (Å²) >= 11 is 0. The van der Waals surface area contributed by atoms with Gasteiger partial charge in [0.25, 0.3) is 5.91 Å². The second kappa shape index (κ2) is 16.4. The lowest BCUT2D eigenvalue weighted by atomic mass is 9.94. The Morgan fingerprint density at radius 1 is 0.686 bits per heavy atom. The van der Waals surface area contributed by atoms with Crippen molar-refractivity contribution in [2.75, 3.05) is 19.6 Å². The summed E-state index contributed by atoms with van der Waals surface area (Å²) in [6.45, 7) is 6.22. The lowest BCUT2D eigenvalue weighted by Crippen LogP contribution is -2.29. The summed E-state index contributed by atoms with van der Waals surface area (Å²) in [5.41, 5.74) is 7.52. The van der Waals surface area contributed by atoms with Gasteiger partial charge in [0.2, 0.25) is 0 Å². The van der Waals surface area contributed by atoms with E-state index in [2.05, 4.69) is 51.8 Å². The van der Waals surface area contributed by atoms with E-state index in [1.807, 2.05) is 97.9 Å². The van der Waals surface area contributed by atoms with E-state index in [0.717, 1.165) is 47.5 Å². The minimum absolute atomic E-state index is 0.232. The Hall–Kier alpha value is -5.66. The number of aromatic nitrogens is 1. The van der Waals surface area contributed by atoms with E-state index in [1.165, 1.54) is 24.8 Å². The number of rotatable bonds is 13. The minimum Gasteiger partial charge on any atom is -0.488 e. The van der Waals surface area contributed by atoms with E-state index in [-0.39, 0.29) is 11.6 Å². The van der Waals surface area contributed by atoms with Crippen molar-refractivity contribution in [3.8, 4) is 45.1 Å². The fourth-order valence-electron chi connectivity index (χ4n) is 6.58. The first kappa shape index (κ1) is 33.8. The Bertz CT molecular complexity index is 2020. The lowest BCUT2D eigenvalue weighted by Gasteiger charge is -2.26. The summed E-state index contributed by atoms with van der Waals surface area (Å²) in [4.78, 5) is 16.0. The molecule has 6 aromatic rings. The molecule has 0 atom stereocenters. The predicted molar refractivity (Wildman–Crippen MR) is 201 cm³/mol. The maximum absolute atomic E-state index is 13.5. The molecule has 1 amide bonds. The third-order valence-corrected chi connectivity index (χ3v) is 9.23. The molecule has 2 heterocycles. The molecular weight excluding hydrogens is 635 g/mol. The summed E-state index contributed by atoms with van der Waals surface area (Å²) < 4.78 is 19.3. The highest BCUT2D eigenvalue weighted by Gasteiger charge is 2.28. The molecule has 0 aliphatic carbocycles. The molecule has 0 radical (unpaired) electrons. The number of ether oxygens (including phenoxy) is 2. The van der Waals surface area contributed by atoms with E-state index >= 15 is 0 Å². The molecule has 7 heteroatoms. The van der Waals surface area contributed by atoms with Crippen LogP contribution >= 0.6 is 0 Å². The predicted octanol–water partition coefficient (Wildman–Crippen LogP) is 9.57. The van der Waals surface area contributed by atoms with Crippen LogP contribution in [0.25, 0.3) is 33.6 Å². The molecule has 0 saturated carbocycles. The van der Waals surface area contributed by atoms with Crippen LogP contribution in [-0.4, -0.2) is 35.6 Å². The van der Waals surface area contributed by atoms with Gasteiger partial charge in [0.15, 0.2) is 11.5 Å². The lowest BCUT2D eigenvalue weighted by molar-refractivity contribution is 0.0947. The van der Waals surface area contributed by atoms with Crippen LogP contribution in [0.15, 0.2) is 132 Å². The molecule has 5 aromatic carbocycles. The zero-order chi connectivity index (χ0) is 34.8. The Balaban J connectivity index is 1.35. The van der Waals surface area contributed by atoms with Crippen molar-refractivity contribution in [3.05, 3.63) is 150 Å². The standard InChI is InChI=1S/C44H43N3O4/c1-2-45-44(48)42-41(36-23-21-32(22-24-36)29-47-25-13-6-14-26-47)43(51-46-42)38-27-37(35-19-11-5-12-20-35)39(49-30-33-15-7-3-8-16-33)28-40(38)50-31-34-17-9-4-10-18-34/h3-5,7-12,15-24,27-28H,2,6,13-14,25-26,29-31H2,1H3,(H,45,48). The van der Waals surface area contributed by atoms with Crippen molar-refractivity contribution in [1.82, 2.24) is 15.4 Å². The molecular formula is C44H43N3O4. The van der Waals surface area contributed by atoms with E-state index in [1.54, 1.807) is 0 Å². The summed E-state index contributed by atoms with van der Waals surface area (Å²) in [7, 11) is 0. The first-order valence-electron chi connectivity index (χ1n) is 17.8. The van der Waals surface area contributed by atoms with E-state index in [9.17, 15) is 4.79 Å². The number of carbonyl (C=O) groups is 1. The van der Waals surface area contributed by atoms with Gasteiger partial charge in [-0.1, -0.05) is 127 Å². The van der Waals surface area contributed by atoms with Crippen LogP contribution in [0, 0.1) is 0 Å². The van der Waals surface area contributed by atoms with E-state index in [0.29, 0.717) is 48.1 Å². The number of hydrogen-bond donors (Lipinski definition) is 1. The van der Waals surface area contributed by atoms with Gasteiger partial charge in [-0.3, -0.25) is 9.69 Å². The second-order valence-electron chi connectivity index (χ2n) is 12.9. The maximum Gasteiger partial charge on any atom is 0.274 e. The van der Waals surface area contributed by atoms with Crippen molar-refractivity contribution in [2.45, 2.75) is 45.9 Å². The smallest absolute Gasteiger partial charge is 0.274 e. The minimum atomic E-state index is -0.294. The highest BCUT2D eigenvalue weighted by molar-refractivity contribution is 6.03. The molecule has 7 rings (SSSR count). The van der Waals surface area contributed by atoms with Gasteiger partial charge in [0.05, 0.1) is 11.1 Å². The normalized spacial score (nSPS) is 13.1. The van der Waals surface area contributed by atoms with Gasteiger partial charge in [-0.25, -0.2) is 0 Å². The van der Waals surface area contributed by atoms with Crippen LogP contribution in [0.1, 0.15) is 53.4 Å². The van der Waals surface area contributed by atoms with Gasteiger partial charge in [0.1, 0.15) is 24.7 Å². The summed E-state index contributed by atoms with van der Waals surface area (Å²) in [6.07, 6.45) is 3.79. The molecule has 258 valence electrons. The Labute approximate surface area is 299 Å². The first-order valence-corrected chi connectivity index (χ1v) is 17.8. The SMILES string of the molecule is CCNC(=O)c1noc(-c2cc(-c3ccccc3)c(OCc3ccccc3)cc2OCc2ccccc2)c1-c1ccc(CN2CCCCC2)cc1. The number of nitrogens with zero attached hydrogens (tertiary/aromatic N) is 2. The number of hydrogen-bond acceptors (Lipinski definition) is 6. The number of nitrogens with one attached hydrogen (secondary N) is 1. The first-order chi connectivity index (χ1) is 25.2. The molecule has 0 bridgehead atoms. The fraction of sp³-hybridized carbons (Fsp3) is 0.227. The van der Waals surface area contributed by atoms with Gasteiger partial charge < -0.3 is 19.3 Å². The van der Waals surface area contributed by atoms with Gasteiger partial charge in [-0.15, -0.1) is 0 Å². The van der Waals surface area contributed by atoms with Crippen molar-refractivity contribution >= 4 is 5.91 Å². The Kier molecular flexibility index (Phi) is 10.9. The van der Waals surface area contributed by atoms with Crippen molar-refractivity contribution in [2.24, 2.45) is 0 Å². The Morgan fingerprint density at radius 3 is 1.88 bits per heavy atom. The van der Waals surface area contributed by atoms with E-state index in [4.69, 9.17) is 14.0 Å². The van der Waals surface area contributed by atoms with Crippen LogP contribution in [0.5, 0.6) is 11.5 Å². The molecule has 1 N–H and O–H groups in total. The average molecular weight is 678 g/mol. The summed E-state index contributed by atoms with van der Waals surface area (Å²) in [6, 6.07) is 42.7. The topological polar surface area (TPSA) is 76.8 Å². The summed E-state index contributed by atoms with van der Waals surface area (Å²) in [5.74, 6) is 1.39. The zero-order valence-corrected chi connectivity index (χ0v) is 29.0. The van der Waals surface area contributed by atoms with Crippen molar-refractivity contribution in [3.63, 3.8) is 0 Å². The highest BCUT2D eigenvalue weighted by Crippen LogP contribution is 2.45. The van der Waals surface area contributed by atoms with Gasteiger partial charge in [0, 0.05) is 24.7 Å². The molecule has 0 unspecified atom stereocenters. The van der Waals surface area contributed by atoms with Crippen molar-refractivity contribution < 1.29 is 18.8 Å².